The summed E-state index contributed by atoms with van der Waals surface area (Å²) < 4.78 is 5.39. The molecule has 10 nitrogen and oxygen atoms in total. The van der Waals surface area contributed by atoms with Gasteiger partial charge in [0.25, 0.3) is 0 Å². The molecule has 0 spiro atoms. The van der Waals surface area contributed by atoms with E-state index in [-0.39, 0.29) is 34.9 Å². The van der Waals surface area contributed by atoms with Crippen molar-refractivity contribution in [1.82, 2.24) is 9.97 Å². The number of nitrogens with two attached hydrogens (primary N) is 1. The number of ether oxygens (including phenoxy) is 1. The molecule has 2 aliphatic rings. The number of carbonyl (C=O) groups is 1. The minimum absolute atomic E-state index is 0.0146. The standard InChI is InChI=1S/C17H26N6O4/c1-17(6-8-27-9-7-17)22-16-19-10-13(23(25)26)15(21-16)20-12-4-2-11(3-5-12)14(18)24/h10-12H,2-9H2,1H3,(H2,18,24)(H2,19,20,21,22). The van der Waals surface area contributed by atoms with E-state index < -0.39 is 4.92 Å². The van der Waals surface area contributed by atoms with Crippen molar-refractivity contribution in [2.45, 2.75) is 57.0 Å². The molecule has 27 heavy (non-hydrogen) atoms. The number of carbonyl (C=O) groups excluding carboxylic acids is 1. The van der Waals surface area contributed by atoms with Crippen LogP contribution in [0.25, 0.3) is 0 Å². The zero-order valence-electron chi connectivity index (χ0n) is 15.4. The first kappa shape index (κ1) is 19.3. The van der Waals surface area contributed by atoms with Crippen LogP contribution in [0.5, 0.6) is 0 Å². The van der Waals surface area contributed by atoms with Crippen molar-refractivity contribution in [1.29, 1.82) is 0 Å². The van der Waals surface area contributed by atoms with E-state index in [1.54, 1.807) is 0 Å². The van der Waals surface area contributed by atoms with Gasteiger partial charge in [-0.2, -0.15) is 4.98 Å². The number of nitro groups is 1. The van der Waals surface area contributed by atoms with E-state index in [0.717, 1.165) is 12.8 Å². The quantitative estimate of drug-likeness (QED) is 0.502. The Hall–Kier alpha value is -2.49. The van der Waals surface area contributed by atoms with Crippen LogP contribution in [0.4, 0.5) is 17.5 Å². The molecule has 1 aliphatic heterocycles. The summed E-state index contributed by atoms with van der Waals surface area (Å²) in [5, 5.41) is 17.8. The molecule has 148 valence electrons. The number of amides is 1. The third-order valence-corrected chi connectivity index (χ3v) is 5.45. The molecule has 1 aromatic rings. The number of nitrogens with zero attached hydrogens (tertiary/aromatic N) is 3. The van der Waals surface area contributed by atoms with Gasteiger partial charge in [0.15, 0.2) is 0 Å². The molecule has 2 fully saturated rings. The van der Waals surface area contributed by atoms with Crippen molar-refractivity contribution in [3.05, 3.63) is 16.3 Å². The molecule has 0 radical (unpaired) electrons. The maximum absolute atomic E-state index is 11.4. The van der Waals surface area contributed by atoms with Crippen molar-refractivity contribution in [2.24, 2.45) is 11.7 Å². The van der Waals surface area contributed by atoms with Crippen molar-refractivity contribution in [3.8, 4) is 0 Å². The molecule has 1 saturated heterocycles. The van der Waals surface area contributed by atoms with Gasteiger partial charge in [-0.15, -0.1) is 0 Å². The average molecular weight is 378 g/mol. The minimum Gasteiger partial charge on any atom is -0.381 e. The van der Waals surface area contributed by atoms with Gasteiger partial charge >= 0.3 is 5.69 Å². The Morgan fingerprint density at radius 2 is 2.00 bits per heavy atom. The molecule has 1 saturated carbocycles. The number of hydrogen-bond donors (Lipinski definition) is 3. The average Bonchev–Trinajstić information content (AvgIpc) is 2.62. The molecule has 0 aromatic carbocycles. The predicted molar refractivity (Wildman–Crippen MR) is 99.3 cm³/mol. The second-order valence-corrected chi connectivity index (χ2v) is 7.58. The molecule has 1 aromatic heterocycles. The Kier molecular flexibility index (Phi) is 5.73. The fourth-order valence-corrected chi connectivity index (χ4v) is 3.61. The van der Waals surface area contributed by atoms with Gasteiger partial charge < -0.3 is 21.1 Å². The number of nitrogens with one attached hydrogen (secondary N) is 2. The summed E-state index contributed by atoms with van der Waals surface area (Å²) in [5.41, 5.74) is 5.00. The van der Waals surface area contributed by atoms with Gasteiger partial charge in [-0.25, -0.2) is 4.98 Å². The predicted octanol–water partition coefficient (Wildman–Crippen LogP) is 1.82. The van der Waals surface area contributed by atoms with E-state index in [2.05, 4.69) is 27.5 Å². The molecule has 4 N–H and O–H groups in total. The zero-order chi connectivity index (χ0) is 19.4. The third-order valence-electron chi connectivity index (χ3n) is 5.45. The molecule has 10 heteroatoms. The number of anilines is 2. The topological polar surface area (TPSA) is 145 Å². The van der Waals surface area contributed by atoms with E-state index in [9.17, 15) is 14.9 Å². The molecule has 3 rings (SSSR count). The first-order valence-electron chi connectivity index (χ1n) is 9.29. The first-order valence-corrected chi connectivity index (χ1v) is 9.29. The summed E-state index contributed by atoms with van der Waals surface area (Å²) in [6.07, 6.45) is 5.64. The molecular weight excluding hydrogens is 352 g/mol. The SMILES string of the molecule is CC1(Nc2ncc([N+](=O)[O-])c(NC3CCC(C(N)=O)CC3)n2)CCOCC1. The van der Waals surface area contributed by atoms with Crippen molar-refractivity contribution >= 4 is 23.4 Å². The summed E-state index contributed by atoms with van der Waals surface area (Å²) in [6, 6.07) is 0.0146. The molecule has 1 aliphatic carbocycles. The zero-order valence-corrected chi connectivity index (χ0v) is 15.4. The number of rotatable bonds is 6. The van der Waals surface area contributed by atoms with Crippen molar-refractivity contribution < 1.29 is 14.5 Å². The van der Waals surface area contributed by atoms with Crippen LogP contribution in [0.15, 0.2) is 6.20 Å². The maximum atomic E-state index is 11.4. The molecular formula is C17H26N6O4. The van der Waals surface area contributed by atoms with Gasteiger partial charge in [0.2, 0.25) is 17.7 Å². The fraction of sp³-hybridized carbons (Fsp3) is 0.706. The summed E-state index contributed by atoms with van der Waals surface area (Å²) in [6.45, 7) is 3.38. The van der Waals surface area contributed by atoms with Crippen LogP contribution in [0.3, 0.4) is 0 Å². The molecule has 0 atom stereocenters. The highest BCUT2D eigenvalue weighted by Crippen LogP contribution is 2.30. The lowest BCUT2D eigenvalue weighted by atomic mass is 9.85. The summed E-state index contributed by atoms with van der Waals surface area (Å²) in [7, 11) is 0. The van der Waals surface area contributed by atoms with E-state index in [0.29, 0.717) is 44.8 Å². The Morgan fingerprint density at radius 3 is 2.59 bits per heavy atom. The van der Waals surface area contributed by atoms with Gasteiger partial charge in [-0.05, 0) is 45.4 Å². The number of primary amides is 1. The Morgan fingerprint density at radius 1 is 1.33 bits per heavy atom. The third kappa shape index (κ3) is 4.82. The molecule has 0 bridgehead atoms. The number of hydrogen-bond acceptors (Lipinski definition) is 8. The van der Waals surface area contributed by atoms with Crippen LogP contribution < -0.4 is 16.4 Å². The second kappa shape index (κ2) is 8.03. The van der Waals surface area contributed by atoms with Gasteiger partial charge in [0, 0.05) is 30.7 Å². The molecule has 2 heterocycles. The largest absolute Gasteiger partial charge is 0.381 e. The van der Waals surface area contributed by atoms with Crippen LogP contribution in [0, 0.1) is 16.0 Å². The van der Waals surface area contributed by atoms with Gasteiger partial charge in [-0.3, -0.25) is 14.9 Å². The lowest BCUT2D eigenvalue weighted by molar-refractivity contribution is -0.384. The van der Waals surface area contributed by atoms with Crippen LogP contribution in [0.1, 0.15) is 45.4 Å². The Bertz CT molecular complexity index is 699. The fourth-order valence-electron chi connectivity index (χ4n) is 3.61. The summed E-state index contributed by atoms with van der Waals surface area (Å²) in [5.74, 6) is 0.167. The second-order valence-electron chi connectivity index (χ2n) is 7.58. The van der Waals surface area contributed by atoms with Gasteiger partial charge in [0.1, 0.15) is 6.20 Å². The smallest absolute Gasteiger partial charge is 0.329 e. The van der Waals surface area contributed by atoms with Crippen LogP contribution in [-0.4, -0.2) is 45.6 Å². The van der Waals surface area contributed by atoms with Crippen LogP contribution in [-0.2, 0) is 9.53 Å². The highest BCUT2D eigenvalue weighted by molar-refractivity contribution is 5.76. The van der Waals surface area contributed by atoms with E-state index in [1.807, 2.05) is 0 Å². The normalized spacial score (nSPS) is 24.8. The van der Waals surface area contributed by atoms with Crippen molar-refractivity contribution in [2.75, 3.05) is 23.8 Å². The van der Waals surface area contributed by atoms with Crippen LogP contribution in [0.2, 0.25) is 0 Å². The lowest BCUT2D eigenvalue weighted by Crippen LogP contribution is -2.41. The van der Waals surface area contributed by atoms with Crippen LogP contribution >= 0.6 is 0 Å². The van der Waals surface area contributed by atoms with Gasteiger partial charge in [0.05, 0.1) is 4.92 Å². The highest BCUT2D eigenvalue weighted by atomic mass is 16.6. The summed E-state index contributed by atoms with van der Waals surface area (Å²) in [4.78, 5) is 30.7. The van der Waals surface area contributed by atoms with E-state index in [1.165, 1.54) is 6.20 Å². The van der Waals surface area contributed by atoms with E-state index in [4.69, 9.17) is 10.5 Å². The van der Waals surface area contributed by atoms with Gasteiger partial charge in [-0.1, -0.05) is 0 Å². The van der Waals surface area contributed by atoms with E-state index >= 15 is 0 Å². The lowest BCUT2D eigenvalue weighted by Gasteiger charge is -2.34. The number of aromatic nitrogens is 2. The highest BCUT2D eigenvalue weighted by Gasteiger charge is 2.30. The summed E-state index contributed by atoms with van der Waals surface area (Å²) >= 11 is 0. The molecule has 0 unspecified atom stereocenters. The first-order chi connectivity index (χ1) is 12.9. The minimum atomic E-state index is -0.489. The Balaban J connectivity index is 1.72. The van der Waals surface area contributed by atoms with Crippen molar-refractivity contribution in [3.63, 3.8) is 0 Å². The maximum Gasteiger partial charge on any atom is 0.329 e. The Labute approximate surface area is 157 Å². The monoisotopic (exact) mass is 378 g/mol. The molecule has 1 amide bonds.